The number of amides is 1. The molecule has 5 heteroatoms. The Hall–Kier alpha value is -2.95. The number of hydrogen-bond acceptors (Lipinski definition) is 4. The van der Waals surface area contributed by atoms with Gasteiger partial charge in [-0.3, -0.25) is 4.79 Å². The van der Waals surface area contributed by atoms with Gasteiger partial charge >= 0.3 is 0 Å². The van der Waals surface area contributed by atoms with Crippen molar-refractivity contribution >= 4 is 11.6 Å². The molecule has 1 saturated heterocycles. The molecule has 1 fully saturated rings. The molecule has 1 aliphatic heterocycles. The summed E-state index contributed by atoms with van der Waals surface area (Å²) in [5, 5.41) is 4.16. The molecule has 1 amide bonds. The second-order valence-corrected chi connectivity index (χ2v) is 8.67. The summed E-state index contributed by atoms with van der Waals surface area (Å²) in [7, 11) is 0. The minimum absolute atomic E-state index is 0.0810. The van der Waals surface area contributed by atoms with Crippen molar-refractivity contribution in [3.8, 4) is 11.4 Å². The molecule has 1 atom stereocenters. The third-order valence-electron chi connectivity index (χ3n) is 5.59. The Morgan fingerprint density at radius 2 is 1.83 bits per heavy atom. The maximum absolute atomic E-state index is 12.7. The normalized spacial score (nSPS) is 17.2. The van der Waals surface area contributed by atoms with Gasteiger partial charge in [-0.25, -0.2) is 0 Å². The first-order valence-electron chi connectivity index (χ1n) is 10.2. The molecule has 0 saturated carbocycles. The number of aryl methyl sites for hydroxylation is 1. The van der Waals surface area contributed by atoms with E-state index >= 15 is 0 Å². The number of anilines is 1. The van der Waals surface area contributed by atoms with Crippen LogP contribution in [-0.4, -0.2) is 22.6 Å². The zero-order valence-electron chi connectivity index (χ0n) is 17.5. The Labute approximate surface area is 171 Å². The number of carbonyl (C=O) groups excluding carboxylic acids is 1. The Kier molecular flexibility index (Phi) is 4.99. The van der Waals surface area contributed by atoms with E-state index in [0.29, 0.717) is 24.7 Å². The molecule has 2 heterocycles. The molecule has 0 aliphatic carbocycles. The lowest BCUT2D eigenvalue weighted by atomic mass is 9.87. The van der Waals surface area contributed by atoms with Crippen LogP contribution < -0.4 is 4.90 Å². The zero-order valence-corrected chi connectivity index (χ0v) is 17.5. The van der Waals surface area contributed by atoms with Crippen LogP contribution in [0.1, 0.15) is 57.1 Å². The van der Waals surface area contributed by atoms with Gasteiger partial charge in [0.25, 0.3) is 0 Å². The highest BCUT2D eigenvalue weighted by atomic mass is 16.5. The van der Waals surface area contributed by atoms with Crippen LogP contribution in [0.2, 0.25) is 0 Å². The van der Waals surface area contributed by atoms with E-state index < -0.39 is 0 Å². The molecule has 150 valence electrons. The van der Waals surface area contributed by atoms with E-state index in [9.17, 15) is 4.79 Å². The quantitative estimate of drug-likeness (QED) is 0.622. The van der Waals surface area contributed by atoms with Crippen LogP contribution >= 0.6 is 0 Å². The number of benzene rings is 2. The molecule has 5 nitrogen and oxygen atoms in total. The summed E-state index contributed by atoms with van der Waals surface area (Å²) in [6.45, 7) is 9.24. The van der Waals surface area contributed by atoms with Crippen molar-refractivity contribution in [1.29, 1.82) is 0 Å². The van der Waals surface area contributed by atoms with Crippen LogP contribution in [-0.2, 0) is 16.6 Å². The summed E-state index contributed by atoms with van der Waals surface area (Å²) in [6.07, 6.45) is 1.28. The first-order chi connectivity index (χ1) is 13.9. The molecule has 3 aromatic rings. The highest BCUT2D eigenvalue weighted by molar-refractivity contribution is 5.97. The van der Waals surface area contributed by atoms with Crippen LogP contribution in [0.5, 0.6) is 0 Å². The zero-order chi connectivity index (χ0) is 20.6. The van der Waals surface area contributed by atoms with Crippen molar-refractivity contribution in [1.82, 2.24) is 10.1 Å². The molecule has 2 aromatic carbocycles. The Morgan fingerprint density at radius 1 is 1.10 bits per heavy atom. The average Bonchev–Trinajstić information content (AvgIpc) is 3.34. The number of nitrogens with zero attached hydrogens (tertiary/aromatic N) is 3. The molecule has 29 heavy (non-hydrogen) atoms. The summed E-state index contributed by atoms with van der Waals surface area (Å²) >= 11 is 0. The van der Waals surface area contributed by atoms with Gasteiger partial charge in [-0.05, 0) is 29.0 Å². The highest BCUT2D eigenvalue weighted by Gasteiger charge is 2.35. The van der Waals surface area contributed by atoms with Crippen molar-refractivity contribution in [2.24, 2.45) is 0 Å². The van der Waals surface area contributed by atoms with Crippen LogP contribution in [0.3, 0.4) is 0 Å². The van der Waals surface area contributed by atoms with Gasteiger partial charge < -0.3 is 9.42 Å². The smallest absolute Gasteiger partial charge is 0.232 e. The number of aromatic nitrogens is 2. The van der Waals surface area contributed by atoms with Gasteiger partial charge in [0, 0.05) is 24.2 Å². The molecule has 0 spiro atoms. The van der Waals surface area contributed by atoms with E-state index in [-0.39, 0.29) is 17.2 Å². The lowest BCUT2D eigenvalue weighted by Crippen LogP contribution is -2.25. The minimum Gasteiger partial charge on any atom is -0.339 e. The van der Waals surface area contributed by atoms with E-state index in [2.05, 4.69) is 56.0 Å². The lowest BCUT2D eigenvalue weighted by molar-refractivity contribution is -0.117. The van der Waals surface area contributed by atoms with Crippen molar-refractivity contribution in [2.45, 2.75) is 51.9 Å². The lowest BCUT2D eigenvalue weighted by Gasteiger charge is -2.19. The van der Waals surface area contributed by atoms with Gasteiger partial charge in [-0.15, -0.1) is 0 Å². The van der Waals surface area contributed by atoms with Crippen molar-refractivity contribution in [2.75, 3.05) is 11.4 Å². The largest absolute Gasteiger partial charge is 0.339 e. The van der Waals surface area contributed by atoms with Crippen molar-refractivity contribution < 1.29 is 9.32 Å². The number of carbonyl (C=O) groups is 1. The van der Waals surface area contributed by atoms with E-state index in [1.807, 2.05) is 35.2 Å². The first-order valence-corrected chi connectivity index (χ1v) is 10.2. The monoisotopic (exact) mass is 389 g/mol. The maximum atomic E-state index is 12.7. The summed E-state index contributed by atoms with van der Waals surface area (Å²) in [5.74, 6) is 1.12. The van der Waals surface area contributed by atoms with Crippen LogP contribution in [0.4, 0.5) is 5.69 Å². The van der Waals surface area contributed by atoms with E-state index in [1.165, 1.54) is 11.1 Å². The Bertz CT molecular complexity index is 1020. The van der Waals surface area contributed by atoms with Gasteiger partial charge in [0.15, 0.2) is 0 Å². The Morgan fingerprint density at radius 3 is 2.52 bits per heavy atom. The van der Waals surface area contributed by atoms with Gasteiger partial charge in [0.1, 0.15) is 0 Å². The van der Waals surface area contributed by atoms with Crippen molar-refractivity contribution in [3.63, 3.8) is 0 Å². The fraction of sp³-hybridized carbons (Fsp3) is 0.375. The summed E-state index contributed by atoms with van der Waals surface area (Å²) < 4.78 is 5.55. The third-order valence-corrected chi connectivity index (χ3v) is 5.59. The summed E-state index contributed by atoms with van der Waals surface area (Å²) in [5.41, 5.74) is 4.44. The summed E-state index contributed by atoms with van der Waals surface area (Å²) in [6, 6.07) is 16.3. The third kappa shape index (κ3) is 3.82. The van der Waals surface area contributed by atoms with Crippen LogP contribution in [0, 0.1) is 0 Å². The van der Waals surface area contributed by atoms with Crippen LogP contribution in [0.15, 0.2) is 53.1 Å². The van der Waals surface area contributed by atoms with Gasteiger partial charge in [-0.2, -0.15) is 4.98 Å². The van der Waals surface area contributed by atoms with Crippen LogP contribution in [0.25, 0.3) is 11.4 Å². The molecule has 0 radical (unpaired) electrons. The number of hydrogen-bond donors (Lipinski definition) is 0. The highest BCUT2D eigenvalue weighted by Crippen LogP contribution is 2.34. The minimum atomic E-state index is -0.0810. The van der Waals surface area contributed by atoms with Gasteiger partial charge in [0.2, 0.25) is 17.6 Å². The SMILES string of the molecule is CCc1ccccc1N1CC(c2nc(-c3ccc(C(C)(C)C)cc3)no2)CC1=O. The predicted molar refractivity (Wildman–Crippen MR) is 114 cm³/mol. The summed E-state index contributed by atoms with van der Waals surface area (Å²) in [4.78, 5) is 19.1. The first kappa shape index (κ1) is 19.4. The van der Waals surface area contributed by atoms with Crippen molar-refractivity contribution in [3.05, 3.63) is 65.5 Å². The molecular formula is C24H27N3O2. The van der Waals surface area contributed by atoms with Gasteiger partial charge in [-0.1, -0.05) is 75.3 Å². The molecule has 1 unspecified atom stereocenters. The molecule has 1 aliphatic rings. The van der Waals surface area contributed by atoms with E-state index in [4.69, 9.17) is 4.52 Å². The molecule has 0 N–H and O–H groups in total. The van der Waals surface area contributed by atoms with E-state index in [1.54, 1.807) is 0 Å². The standard InChI is InChI=1S/C24H27N3O2/c1-5-16-8-6-7-9-20(16)27-15-18(14-21(27)28)23-25-22(26-29-23)17-10-12-19(13-11-17)24(2,3)4/h6-13,18H,5,14-15H2,1-4H3. The van der Waals surface area contributed by atoms with Gasteiger partial charge in [0.05, 0.1) is 5.92 Å². The maximum Gasteiger partial charge on any atom is 0.232 e. The van der Waals surface area contributed by atoms with E-state index in [0.717, 1.165) is 17.7 Å². The predicted octanol–water partition coefficient (Wildman–Crippen LogP) is 5.12. The fourth-order valence-corrected chi connectivity index (χ4v) is 3.82. The number of para-hydroxylation sites is 1. The Balaban J connectivity index is 1.54. The molecular weight excluding hydrogens is 362 g/mol. The average molecular weight is 389 g/mol. The molecule has 1 aromatic heterocycles. The molecule has 4 rings (SSSR count). The second kappa shape index (κ2) is 7.47. The second-order valence-electron chi connectivity index (χ2n) is 8.67. The molecule has 0 bridgehead atoms. The fourth-order valence-electron chi connectivity index (χ4n) is 3.82. The topological polar surface area (TPSA) is 59.2 Å². The number of rotatable bonds is 4.